The van der Waals surface area contributed by atoms with Gasteiger partial charge in [0, 0.05) is 24.8 Å². The van der Waals surface area contributed by atoms with Crippen LogP contribution in [0.15, 0.2) is 42.6 Å². The van der Waals surface area contributed by atoms with Crippen LogP contribution >= 0.6 is 0 Å². The number of rotatable bonds is 9. The van der Waals surface area contributed by atoms with Crippen LogP contribution in [0.1, 0.15) is 51.4 Å². The third-order valence-corrected chi connectivity index (χ3v) is 8.94. The maximum atomic E-state index is 12.2. The molecular formula is C27H34N6O3S. The van der Waals surface area contributed by atoms with Crippen molar-refractivity contribution in [2.24, 2.45) is 5.41 Å². The van der Waals surface area contributed by atoms with E-state index in [2.05, 4.69) is 19.9 Å². The lowest BCUT2D eigenvalue weighted by molar-refractivity contribution is 0.201. The van der Waals surface area contributed by atoms with E-state index in [0.29, 0.717) is 17.0 Å². The number of benzene rings is 1. The molecule has 2 saturated carbocycles. The van der Waals surface area contributed by atoms with Gasteiger partial charge in [0.25, 0.3) is 0 Å². The van der Waals surface area contributed by atoms with Gasteiger partial charge in [0.05, 0.1) is 35.6 Å². The van der Waals surface area contributed by atoms with Gasteiger partial charge in [-0.15, -0.1) is 5.10 Å². The maximum absolute atomic E-state index is 12.2. The van der Waals surface area contributed by atoms with Crippen molar-refractivity contribution in [1.29, 1.82) is 0 Å². The Morgan fingerprint density at radius 3 is 2.62 bits per heavy atom. The van der Waals surface area contributed by atoms with Gasteiger partial charge in [-0.25, -0.2) is 13.9 Å². The largest absolute Gasteiger partial charge is 0.474 e. The number of nitrogens with one attached hydrogen (secondary N) is 1. The van der Waals surface area contributed by atoms with E-state index in [0.717, 1.165) is 48.7 Å². The third kappa shape index (κ3) is 5.50. The summed E-state index contributed by atoms with van der Waals surface area (Å²) in [5, 5.41) is 18.0. The smallest absolute Gasteiger partial charge is 0.214 e. The molecule has 1 spiro atoms. The number of hydrogen-bond donors (Lipinski definition) is 2. The molecule has 10 heteroatoms. The number of hydrogen-bond acceptors (Lipinski definition) is 7. The van der Waals surface area contributed by atoms with Crippen LogP contribution in [0.2, 0.25) is 0 Å². The fraction of sp³-hybridized carbons (Fsp3) is 0.519. The topological polar surface area (TPSA) is 105 Å². The van der Waals surface area contributed by atoms with Crippen molar-refractivity contribution >= 4 is 22.4 Å². The molecule has 2 N–H and O–H groups in total. The maximum Gasteiger partial charge on any atom is 0.214 e. The molecule has 196 valence electrons. The Labute approximate surface area is 219 Å². The molecule has 1 saturated heterocycles. The molecule has 2 aliphatic carbocycles. The summed E-state index contributed by atoms with van der Waals surface area (Å²) in [6, 6.07) is 11.7. The highest BCUT2D eigenvalue weighted by molar-refractivity contribution is 7.86. The highest BCUT2D eigenvalue weighted by Crippen LogP contribution is 2.54. The predicted octanol–water partition coefficient (Wildman–Crippen LogP) is 4.10. The summed E-state index contributed by atoms with van der Waals surface area (Å²) in [7, 11) is -1.34. The summed E-state index contributed by atoms with van der Waals surface area (Å²) in [6.45, 7) is 1.85. The van der Waals surface area contributed by atoms with Gasteiger partial charge in [-0.2, -0.15) is 0 Å². The van der Waals surface area contributed by atoms with Crippen molar-refractivity contribution < 1.29 is 14.1 Å². The molecule has 37 heavy (non-hydrogen) atoms. The fourth-order valence-electron chi connectivity index (χ4n) is 5.50. The van der Waals surface area contributed by atoms with Crippen LogP contribution in [0.5, 0.6) is 5.88 Å². The van der Waals surface area contributed by atoms with Gasteiger partial charge in [-0.3, -0.25) is 0 Å². The molecule has 3 fully saturated rings. The summed E-state index contributed by atoms with van der Waals surface area (Å²) >= 11 is 0. The van der Waals surface area contributed by atoms with Crippen LogP contribution in [0.3, 0.4) is 0 Å². The quantitative estimate of drug-likeness (QED) is 0.436. The Morgan fingerprint density at radius 1 is 1.05 bits per heavy atom. The van der Waals surface area contributed by atoms with E-state index in [1.165, 1.54) is 38.5 Å². The van der Waals surface area contributed by atoms with E-state index >= 15 is 0 Å². The van der Waals surface area contributed by atoms with Crippen molar-refractivity contribution in [1.82, 2.24) is 20.0 Å². The number of aliphatic hydroxyl groups excluding tert-OH is 1. The van der Waals surface area contributed by atoms with Crippen molar-refractivity contribution in [3.63, 3.8) is 0 Å². The average Bonchev–Trinajstić information content (AvgIpc) is 3.27. The second-order valence-electron chi connectivity index (χ2n) is 10.5. The number of pyridine rings is 1. The van der Waals surface area contributed by atoms with Crippen LogP contribution in [0, 0.1) is 5.41 Å². The van der Waals surface area contributed by atoms with E-state index in [9.17, 15) is 4.21 Å². The molecule has 3 heterocycles. The molecule has 6 rings (SSSR count). The van der Waals surface area contributed by atoms with E-state index in [1.807, 2.05) is 42.6 Å². The highest BCUT2D eigenvalue weighted by Gasteiger charge is 2.44. The van der Waals surface area contributed by atoms with E-state index < -0.39 is 11.0 Å². The molecule has 1 aromatic carbocycles. The zero-order valence-electron chi connectivity index (χ0n) is 21.0. The monoisotopic (exact) mass is 522 g/mol. The van der Waals surface area contributed by atoms with Crippen molar-refractivity contribution in [2.45, 2.75) is 57.5 Å². The van der Waals surface area contributed by atoms with Gasteiger partial charge in [0.2, 0.25) is 5.88 Å². The molecule has 0 bridgehead atoms. The van der Waals surface area contributed by atoms with Gasteiger partial charge in [-0.05, 0) is 81.0 Å². The Morgan fingerprint density at radius 2 is 1.86 bits per heavy atom. The van der Waals surface area contributed by atoms with Crippen LogP contribution in [0.4, 0.5) is 11.4 Å². The molecule has 1 atom stereocenters. The standard InChI is InChI=1S/C27H34N6O3S/c34-16-17-37(35)30-20-8-9-24(25(18-20)32-14-12-27(10-11-27)13-15-32)33-19-23(29-31-33)22-6-3-7-26(28-22)36-21-4-1-2-5-21/h3,6-9,18-19,21,30,34H,1-2,4-5,10-17H2. The first-order chi connectivity index (χ1) is 18.1. The molecule has 1 aliphatic heterocycles. The molecule has 0 amide bonds. The Balaban J connectivity index is 1.27. The molecule has 2 aromatic heterocycles. The van der Waals surface area contributed by atoms with Crippen LogP contribution in [-0.4, -0.2) is 60.8 Å². The number of piperidine rings is 1. The molecule has 3 aromatic rings. The van der Waals surface area contributed by atoms with E-state index in [-0.39, 0.29) is 18.5 Å². The average molecular weight is 523 g/mol. The predicted molar refractivity (Wildman–Crippen MR) is 144 cm³/mol. The van der Waals surface area contributed by atoms with Gasteiger partial charge >= 0.3 is 0 Å². The van der Waals surface area contributed by atoms with E-state index in [4.69, 9.17) is 14.8 Å². The first-order valence-corrected chi connectivity index (χ1v) is 14.6. The summed E-state index contributed by atoms with van der Waals surface area (Å²) < 4.78 is 23.1. The van der Waals surface area contributed by atoms with E-state index in [1.54, 1.807) is 4.68 Å². The van der Waals surface area contributed by atoms with Crippen LogP contribution < -0.4 is 14.4 Å². The SMILES string of the molecule is O=S(CCO)Nc1ccc(-n2cc(-c3cccc(OC4CCCC4)n3)nn2)c(N2CCC3(CC2)CC3)c1. The summed E-state index contributed by atoms with van der Waals surface area (Å²) in [6.07, 6.45) is 11.8. The molecular weight excluding hydrogens is 488 g/mol. The van der Waals surface area contributed by atoms with Crippen LogP contribution in [0.25, 0.3) is 17.1 Å². The molecule has 3 aliphatic rings. The summed E-state index contributed by atoms with van der Waals surface area (Å²) in [4.78, 5) is 7.10. The second-order valence-corrected chi connectivity index (χ2v) is 11.8. The lowest BCUT2D eigenvalue weighted by Crippen LogP contribution is -2.35. The lowest BCUT2D eigenvalue weighted by Gasteiger charge is -2.35. The van der Waals surface area contributed by atoms with Gasteiger partial charge in [0.15, 0.2) is 0 Å². The summed E-state index contributed by atoms with van der Waals surface area (Å²) in [5.41, 5.74) is 4.69. The Kier molecular flexibility index (Phi) is 6.86. The van der Waals surface area contributed by atoms with Crippen molar-refractivity contribution in [3.8, 4) is 23.0 Å². The minimum atomic E-state index is -1.34. The molecule has 9 nitrogen and oxygen atoms in total. The number of nitrogens with zero attached hydrogens (tertiary/aromatic N) is 5. The first kappa shape index (κ1) is 24.4. The summed E-state index contributed by atoms with van der Waals surface area (Å²) in [5.74, 6) is 0.819. The highest BCUT2D eigenvalue weighted by atomic mass is 32.2. The number of aromatic nitrogens is 4. The van der Waals surface area contributed by atoms with Crippen molar-refractivity contribution in [2.75, 3.05) is 35.1 Å². The van der Waals surface area contributed by atoms with Gasteiger partial charge < -0.3 is 19.5 Å². The zero-order chi connectivity index (χ0) is 25.2. The Hall–Kier alpha value is -2.98. The fourth-order valence-corrected chi connectivity index (χ4v) is 6.15. The molecule has 1 unspecified atom stereocenters. The van der Waals surface area contributed by atoms with Gasteiger partial charge in [0.1, 0.15) is 22.8 Å². The number of ether oxygens (including phenoxy) is 1. The lowest BCUT2D eigenvalue weighted by atomic mass is 9.93. The first-order valence-electron chi connectivity index (χ1n) is 13.3. The third-order valence-electron chi connectivity index (χ3n) is 7.92. The van der Waals surface area contributed by atoms with Gasteiger partial charge in [-0.1, -0.05) is 11.3 Å². The number of anilines is 2. The normalized spacial score (nSPS) is 19.8. The minimum Gasteiger partial charge on any atom is -0.474 e. The van der Waals surface area contributed by atoms with Crippen molar-refractivity contribution in [3.05, 3.63) is 42.6 Å². The minimum absolute atomic E-state index is 0.124. The zero-order valence-corrected chi connectivity index (χ0v) is 21.8. The molecule has 0 radical (unpaired) electrons. The Bertz CT molecular complexity index is 1260. The second kappa shape index (κ2) is 10.4. The van der Waals surface area contributed by atoms with Crippen LogP contribution in [-0.2, 0) is 11.0 Å². The number of aliphatic hydroxyl groups is 1.